The number of amides is 2. The molecule has 0 radical (unpaired) electrons. The maximum Gasteiger partial charge on any atom is 0.247 e. The highest BCUT2D eigenvalue weighted by atomic mass is 16.2. The number of aryl methyl sites for hydroxylation is 2. The maximum absolute atomic E-state index is 13.7. The van der Waals surface area contributed by atoms with Gasteiger partial charge in [-0.25, -0.2) is 4.98 Å². The first kappa shape index (κ1) is 23.8. The minimum atomic E-state index is -0.0955. The highest BCUT2D eigenvalue weighted by molar-refractivity contribution is 5.98. The molecule has 1 saturated heterocycles. The van der Waals surface area contributed by atoms with Crippen molar-refractivity contribution in [3.05, 3.63) is 89.7 Å². The van der Waals surface area contributed by atoms with Crippen molar-refractivity contribution in [3.8, 4) is 0 Å². The predicted octanol–water partition coefficient (Wildman–Crippen LogP) is 5.62. The molecule has 0 spiro atoms. The van der Waals surface area contributed by atoms with Crippen LogP contribution in [0, 0.1) is 13.8 Å². The van der Waals surface area contributed by atoms with Crippen LogP contribution >= 0.6 is 0 Å². The summed E-state index contributed by atoms with van der Waals surface area (Å²) in [7, 11) is 0. The Morgan fingerprint density at radius 3 is 2.50 bits per heavy atom. The van der Waals surface area contributed by atoms with Crippen molar-refractivity contribution < 1.29 is 9.59 Å². The van der Waals surface area contributed by atoms with Crippen LogP contribution in [0.15, 0.2) is 72.8 Å². The minimum absolute atomic E-state index is 0.00342. The molecule has 6 heteroatoms. The van der Waals surface area contributed by atoms with E-state index in [1.807, 2.05) is 96.7 Å². The number of fused-ring (bicyclic) bond motifs is 1. The largest absolute Gasteiger partial charge is 0.318 e. The fraction of sp³-hybridized carbons (Fsp3) is 0.300. The van der Waals surface area contributed by atoms with Crippen molar-refractivity contribution in [2.75, 3.05) is 16.3 Å². The van der Waals surface area contributed by atoms with Crippen LogP contribution in [0.1, 0.15) is 43.1 Å². The normalized spacial score (nSPS) is 15.8. The van der Waals surface area contributed by atoms with Crippen LogP contribution in [0.2, 0.25) is 0 Å². The van der Waals surface area contributed by atoms with Crippen LogP contribution in [0.5, 0.6) is 0 Å². The fourth-order valence-corrected chi connectivity index (χ4v) is 5.23. The zero-order chi connectivity index (χ0) is 25.4. The summed E-state index contributed by atoms with van der Waals surface area (Å²) in [5.41, 5.74) is 5.79. The molecule has 4 aromatic rings. The third-order valence-electron chi connectivity index (χ3n) is 6.94. The molecule has 184 valence electrons. The van der Waals surface area contributed by atoms with E-state index >= 15 is 0 Å². The molecular formula is C30H32N4O2. The van der Waals surface area contributed by atoms with E-state index in [-0.39, 0.29) is 30.3 Å². The van der Waals surface area contributed by atoms with Gasteiger partial charge in [-0.2, -0.15) is 0 Å². The van der Waals surface area contributed by atoms with Crippen LogP contribution in [-0.2, 0) is 16.1 Å². The lowest BCUT2D eigenvalue weighted by Gasteiger charge is -2.28. The minimum Gasteiger partial charge on any atom is -0.318 e. The number of hydrogen-bond donors (Lipinski definition) is 0. The molecule has 1 fully saturated rings. The molecule has 2 heterocycles. The van der Waals surface area contributed by atoms with Crippen molar-refractivity contribution in [2.45, 2.75) is 52.6 Å². The SMILES string of the molecule is Cc1ccc(C)c(N2CC(c3nc4ccccc4n3CC(=O)N(c3ccccc3)C(C)C)CC2=O)c1. The molecular weight excluding hydrogens is 448 g/mol. The van der Waals surface area contributed by atoms with Gasteiger partial charge in [-0.1, -0.05) is 42.5 Å². The van der Waals surface area contributed by atoms with Gasteiger partial charge in [0.1, 0.15) is 12.4 Å². The number of carbonyl (C=O) groups excluding carboxylic acids is 2. The Morgan fingerprint density at radius 2 is 1.75 bits per heavy atom. The molecule has 5 rings (SSSR count). The lowest BCUT2D eigenvalue weighted by molar-refractivity contribution is -0.119. The molecule has 1 aromatic heterocycles. The first-order valence-corrected chi connectivity index (χ1v) is 12.5. The maximum atomic E-state index is 13.7. The number of hydrogen-bond acceptors (Lipinski definition) is 3. The predicted molar refractivity (Wildman–Crippen MR) is 144 cm³/mol. The Bertz CT molecular complexity index is 1420. The average Bonchev–Trinajstić information content (AvgIpc) is 3.41. The van der Waals surface area contributed by atoms with Gasteiger partial charge >= 0.3 is 0 Å². The highest BCUT2D eigenvalue weighted by Crippen LogP contribution is 2.35. The Hall–Kier alpha value is -3.93. The van der Waals surface area contributed by atoms with E-state index in [1.54, 1.807) is 0 Å². The van der Waals surface area contributed by atoms with Crippen LogP contribution in [-0.4, -0.2) is 34.0 Å². The molecule has 0 bridgehead atoms. The summed E-state index contributed by atoms with van der Waals surface area (Å²) in [4.78, 5) is 35.5. The first-order chi connectivity index (χ1) is 17.3. The summed E-state index contributed by atoms with van der Waals surface area (Å²) >= 11 is 0. The Labute approximate surface area is 212 Å². The molecule has 36 heavy (non-hydrogen) atoms. The van der Waals surface area contributed by atoms with Crippen LogP contribution in [0.3, 0.4) is 0 Å². The Kier molecular flexibility index (Phi) is 6.35. The van der Waals surface area contributed by atoms with E-state index in [9.17, 15) is 9.59 Å². The number of benzene rings is 3. The van der Waals surface area contributed by atoms with E-state index in [0.29, 0.717) is 13.0 Å². The molecule has 0 aliphatic carbocycles. The van der Waals surface area contributed by atoms with Gasteiger partial charge in [-0.05, 0) is 69.2 Å². The van der Waals surface area contributed by atoms with Crippen molar-refractivity contribution in [1.29, 1.82) is 0 Å². The number of anilines is 2. The molecule has 1 aliphatic rings. The summed E-state index contributed by atoms with van der Waals surface area (Å²) in [6, 6.07) is 23.9. The van der Waals surface area contributed by atoms with E-state index < -0.39 is 0 Å². The third-order valence-corrected chi connectivity index (χ3v) is 6.94. The quantitative estimate of drug-likeness (QED) is 0.360. The van der Waals surface area contributed by atoms with Crippen molar-refractivity contribution in [1.82, 2.24) is 9.55 Å². The summed E-state index contributed by atoms with van der Waals surface area (Å²) < 4.78 is 2.01. The fourth-order valence-electron chi connectivity index (χ4n) is 5.23. The van der Waals surface area contributed by atoms with Crippen LogP contribution in [0.4, 0.5) is 11.4 Å². The van der Waals surface area contributed by atoms with Gasteiger partial charge in [0, 0.05) is 36.3 Å². The molecule has 0 saturated carbocycles. The second-order valence-corrected chi connectivity index (χ2v) is 9.93. The molecule has 1 aliphatic heterocycles. The van der Waals surface area contributed by atoms with Gasteiger partial charge in [0.2, 0.25) is 11.8 Å². The van der Waals surface area contributed by atoms with Gasteiger partial charge in [0.25, 0.3) is 0 Å². The van der Waals surface area contributed by atoms with Gasteiger partial charge in [-0.15, -0.1) is 0 Å². The zero-order valence-corrected chi connectivity index (χ0v) is 21.3. The van der Waals surface area contributed by atoms with E-state index in [4.69, 9.17) is 4.98 Å². The van der Waals surface area contributed by atoms with E-state index in [0.717, 1.165) is 39.4 Å². The molecule has 3 aromatic carbocycles. The van der Waals surface area contributed by atoms with Crippen molar-refractivity contribution >= 4 is 34.2 Å². The summed E-state index contributed by atoms with van der Waals surface area (Å²) in [6.07, 6.45) is 0.372. The van der Waals surface area contributed by atoms with Gasteiger partial charge < -0.3 is 14.4 Å². The summed E-state index contributed by atoms with van der Waals surface area (Å²) in [5, 5.41) is 0. The second-order valence-electron chi connectivity index (χ2n) is 9.93. The Morgan fingerprint density at radius 1 is 1.03 bits per heavy atom. The summed E-state index contributed by atoms with van der Waals surface area (Å²) in [6.45, 7) is 8.84. The van der Waals surface area contributed by atoms with Gasteiger partial charge in [-0.3, -0.25) is 9.59 Å². The number of carbonyl (C=O) groups is 2. The highest BCUT2D eigenvalue weighted by Gasteiger charge is 2.36. The first-order valence-electron chi connectivity index (χ1n) is 12.5. The lowest BCUT2D eigenvalue weighted by atomic mass is 10.1. The standard InChI is InChI=1S/C30H32N4O2/c1-20(2)34(24-10-6-5-7-11-24)29(36)19-33-26-13-9-8-12-25(26)31-30(33)23-17-28(35)32(18-23)27-16-21(3)14-15-22(27)4/h5-16,20,23H,17-19H2,1-4H3. The molecule has 6 nitrogen and oxygen atoms in total. The monoisotopic (exact) mass is 480 g/mol. The molecule has 1 unspecified atom stereocenters. The summed E-state index contributed by atoms with van der Waals surface area (Å²) in [5.74, 6) is 0.785. The number of rotatable bonds is 6. The number of imidazole rings is 1. The Balaban J connectivity index is 1.51. The topological polar surface area (TPSA) is 58.4 Å². The third kappa shape index (κ3) is 4.39. The average molecular weight is 481 g/mol. The van der Waals surface area contributed by atoms with Gasteiger partial charge in [0.15, 0.2) is 0 Å². The van der Waals surface area contributed by atoms with E-state index in [1.165, 1.54) is 0 Å². The van der Waals surface area contributed by atoms with Crippen molar-refractivity contribution in [3.63, 3.8) is 0 Å². The smallest absolute Gasteiger partial charge is 0.247 e. The number of nitrogens with zero attached hydrogens (tertiary/aromatic N) is 4. The van der Waals surface area contributed by atoms with Gasteiger partial charge in [0.05, 0.1) is 11.0 Å². The number of para-hydroxylation sites is 3. The second kappa shape index (κ2) is 9.61. The molecule has 0 N–H and O–H groups in total. The molecule has 2 amide bonds. The van der Waals surface area contributed by atoms with Crippen LogP contribution < -0.4 is 9.80 Å². The number of aromatic nitrogens is 2. The lowest BCUT2D eigenvalue weighted by Crippen LogP contribution is -2.39. The zero-order valence-electron chi connectivity index (χ0n) is 21.3. The van der Waals surface area contributed by atoms with Crippen LogP contribution in [0.25, 0.3) is 11.0 Å². The molecule has 1 atom stereocenters. The van der Waals surface area contributed by atoms with Crippen molar-refractivity contribution in [2.24, 2.45) is 0 Å². The van der Waals surface area contributed by atoms with E-state index in [2.05, 4.69) is 18.2 Å².